The van der Waals surface area contributed by atoms with E-state index in [1.54, 1.807) is 0 Å². The Kier molecular flexibility index (Phi) is 5.25. The van der Waals surface area contributed by atoms with Crippen LogP contribution >= 0.6 is 0 Å². The van der Waals surface area contributed by atoms with Crippen LogP contribution in [0.15, 0.2) is 24.3 Å². The molecule has 0 bridgehead atoms. The molecule has 1 aromatic rings. The Hall–Kier alpha value is -1.51. The van der Waals surface area contributed by atoms with Crippen molar-refractivity contribution in [2.24, 2.45) is 0 Å². The van der Waals surface area contributed by atoms with Gasteiger partial charge in [0.2, 0.25) is 0 Å². The first-order valence-electron chi connectivity index (χ1n) is 6.33. The molecule has 0 amide bonds. The molecule has 0 saturated carbocycles. The highest BCUT2D eigenvalue weighted by Crippen LogP contribution is 2.51. The number of methoxy groups -OCH3 is 2. The van der Waals surface area contributed by atoms with Crippen molar-refractivity contribution in [1.82, 2.24) is 0 Å². The Labute approximate surface area is 128 Å². The summed E-state index contributed by atoms with van der Waals surface area (Å²) in [7, 11) is 2.30. The van der Waals surface area contributed by atoms with Crippen molar-refractivity contribution in [2.45, 2.75) is 37.0 Å². The molecule has 0 N–H and O–H groups in total. The number of benzene rings is 1. The van der Waals surface area contributed by atoms with Gasteiger partial charge in [0.1, 0.15) is 5.75 Å². The molecule has 0 aromatic heterocycles. The Bertz CT molecular complexity index is 525. The van der Waals surface area contributed by atoms with Crippen LogP contribution in [0.4, 0.5) is 30.7 Å². The van der Waals surface area contributed by atoms with Crippen LogP contribution in [0.2, 0.25) is 0 Å². The largest absolute Gasteiger partial charge is 0.497 e. The molecule has 0 aliphatic carbocycles. The third-order valence-corrected chi connectivity index (χ3v) is 3.53. The van der Waals surface area contributed by atoms with E-state index in [-0.39, 0.29) is 5.56 Å². The van der Waals surface area contributed by atoms with Crippen LogP contribution < -0.4 is 4.74 Å². The summed E-state index contributed by atoms with van der Waals surface area (Å²) in [5.74, 6) is -11.2. The van der Waals surface area contributed by atoms with E-state index in [1.807, 2.05) is 0 Å². The van der Waals surface area contributed by atoms with Gasteiger partial charge in [-0.2, -0.15) is 30.7 Å². The van der Waals surface area contributed by atoms with E-state index in [4.69, 9.17) is 9.47 Å². The third-order valence-electron chi connectivity index (χ3n) is 3.53. The van der Waals surface area contributed by atoms with Crippen molar-refractivity contribution in [1.29, 1.82) is 0 Å². The summed E-state index contributed by atoms with van der Waals surface area (Å²) >= 11 is 0. The first-order chi connectivity index (χ1) is 10.3. The Morgan fingerprint density at radius 1 is 0.870 bits per heavy atom. The van der Waals surface area contributed by atoms with E-state index in [2.05, 4.69) is 0 Å². The normalized spacial score (nSPS) is 16.1. The maximum absolute atomic E-state index is 13.6. The molecule has 9 heteroatoms. The third kappa shape index (κ3) is 3.70. The lowest BCUT2D eigenvalue weighted by molar-refractivity contribution is -0.361. The summed E-state index contributed by atoms with van der Waals surface area (Å²) in [6.07, 6.45) is -8.22. The standard InChI is InChI=1S/C14H15F7O2/c1-11(23-3,9-4-6-10(22-2)7-5-9)8-12(15,16)13(17,18)14(19,20)21/h4-7H,8H2,1-3H3. The van der Waals surface area contributed by atoms with Gasteiger partial charge in [0.15, 0.2) is 0 Å². The topological polar surface area (TPSA) is 18.5 Å². The fraction of sp³-hybridized carbons (Fsp3) is 0.571. The molecule has 1 aromatic carbocycles. The van der Waals surface area contributed by atoms with Crippen LogP contribution in [0.3, 0.4) is 0 Å². The fourth-order valence-electron chi connectivity index (χ4n) is 1.98. The number of hydrogen-bond acceptors (Lipinski definition) is 2. The van der Waals surface area contributed by atoms with E-state index in [1.165, 1.54) is 31.4 Å². The van der Waals surface area contributed by atoms with E-state index >= 15 is 0 Å². The van der Waals surface area contributed by atoms with Crippen LogP contribution in [0.5, 0.6) is 5.75 Å². The van der Waals surface area contributed by atoms with Crippen molar-refractivity contribution < 1.29 is 40.2 Å². The molecule has 0 saturated heterocycles. The van der Waals surface area contributed by atoms with Crippen LogP contribution in [0.25, 0.3) is 0 Å². The van der Waals surface area contributed by atoms with Crippen molar-refractivity contribution >= 4 is 0 Å². The van der Waals surface area contributed by atoms with Crippen LogP contribution in [0, 0.1) is 0 Å². The van der Waals surface area contributed by atoms with Gasteiger partial charge in [-0.05, 0) is 24.6 Å². The number of hydrogen-bond donors (Lipinski definition) is 0. The van der Waals surface area contributed by atoms with Gasteiger partial charge in [-0.3, -0.25) is 0 Å². The zero-order valence-electron chi connectivity index (χ0n) is 12.5. The lowest BCUT2D eigenvalue weighted by atomic mass is 9.87. The summed E-state index contributed by atoms with van der Waals surface area (Å²) in [5.41, 5.74) is -2.04. The Morgan fingerprint density at radius 3 is 1.70 bits per heavy atom. The summed E-state index contributed by atoms with van der Waals surface area (Å²) in [6.45, 7) is 1.01. The second-order valence-corrected chi connectivity index (χ2v) is 5.12. The van der Waals surface area contributed by atoms with E-state index in [9.17, 15) is 30.7 Å². The van der Waals surface area contributed by atoms with Crippen molar-refractivity contribution in [3.05, 3.63) is 29.8 Å². The Morgan fingerprint density at radius 2 is 1.35 bits per heavy atom. The maximum atomic E-state index is 13.6. The average Bonchev–Trinajstić information content (AvgIpc) is 2.45. The monoisotopic (exact) mass is 348 g/mol. The molecule has 0 aliphatic rings. The van der Waals surface area contributed by atoms with Gasteiger partial charge in [-0.15, -0.1) is 0 Å². The zero-order chi connectivity index (χ0) is 18.1. The lowest BCUT2D eigenvalue weighted by Gasteiger charge is -2.36. The molecule has 0 fully saturated rings. The average molecular weight is 348 g/mol. The molecule has 0 aliphatic heterocycles. The van der Waals surface area contributed by atoms with Gasteiger partial charge in [0, 0.05) is 7.11 Å². The predicted molar refractivity (Wildman–Crippen MR) is 67.9 cm³/mol. The summed E-state index contributed by atoms with van der Waals surface area (Å²) in [4.78, 5) is 0. The minimum absolute atomic E-state index is 0.0125. The summed E-state index contributed by atoms with van der Waals surface area (Å²) < 4.78 is 99.7. The highest BCUT2D eigenvalue weighted by Gasteiger charge is 2.73. The quantitative estimate of drug-likeness (QED) is 0.689. The first kappa shape index (κ1) is 19.5. The van der Waals surface area contributed by atoms with Gasteiger partial charge in [0.05, 0.1) is 19.1 Å². The molecule has 1 unspecified atom stereocenters. The minimum Gasteiger partial charge on any atom is -0.497 e. The molecule has 2 nitrogen and oxygen atoms in total. The van der Waals surface area contributed by atoms with Crippen molar-refractivity contribution in [2.75, 3.05) is 14.2 Å². The van der Waals surface area contributed by atoms with Gasteiger partial charge in [-0.1, -0.05) is 12.1 Å². The highest BCUT2D eigenvalue weighted by atomic mass is 19.4. The highest BCUT2D eigenvalue weighted by molar-refractivity contribution is 5.31. The second kappa shape index (κ2) is 6.18. The number of halogens is 7. The van der Waals surface area contributed by atoms with E-state index in [0.29, 0.717) is 5.75 Å². The minimum atomic E-state index is -6.37. The predicted octanol–water partition coefficient (Wildman–Crippen LogP) is 4.78. The molecular weight excluding hydrogens is 333 g/mol. The van der Waals surface area contributed by atoms with Crippen LogP contribution in [-0.2, 0) is 10.3 Å². The van der Waals surface area contributed by atoms with Crippen molar-refractivity contribution in [3.63, 3.8) is 0 Å². The lowest BCUT2D eigenvalue weighted by Crippen LogP contribution is -2.54. The molecule has 0 heterocycles. The smallest absolute Gasteiger partial charge is 0.459 e. The van der Waals surface area contributed by atoms with Gasteiger partial charge >= 0.3 is 18.0 Å². The Balaban J connectivity index is 3.18. The number of ether oxygens (including phenoxy) is 2. The molecule has 0 spiro atoms. The molecule has 0 radical (unpaired) electrons. The van der Waals surface area contributed by atoms with Crippen LogP contribution in [-0.4, -0.2) is 32.2 Å². The van der Waals surface area contributed by atoms with Crippen molar-refractivity contribution in [3.8, 4) is 5.75 Å². The maximum Gasteiger partial charge on any atom is 0.459 e. The van der Waals surface area contributed by atoms with Gasteiger partial charge in [0.25, 0.3) is 0 Å². The molecule has 132 valence electrons. The molecule has 1 atom stereocenters. The van der Waals surface area contributed by atoms with Gasteiger partial charge in [-0.25, -0.2) is 0 Å². The number of rotatable bonds is 6. The van der Waals surface area contributed by atoms with E-state index < -0.39 is 30.0 Å². The van der Waals surface area contributed by atoms with Crippen LogP contribution in [0.1, 0.15) is 18.9 Å². The zero-order valence-corrected chi connectivity index (χ0v) is 12.5. The molecule has 1 rings (SSSR count). The SMILES string of the molecule is COc1ccc(C(C)(CC(F)(F)C(F)(F)C(F)(F)F)OC)cc1. The first-order valence-corrected chi connectivity index (χ1v) is 6.33. The fourth-order valence-corrected chi connectivity index (χ4v) is 1.98. The number of alkyl halides is 7. The summed E-state index contributed by atoms with van der Waals surface area (Å²) in [5, 5.41) is 0. The molecular formula is C14H15F7O2. The second-order valence-electron chi connectivity index (χ2n) is 5.12. The van der Waals surface area contributed by atoms with E-state index in [0.717, 1.165) is 14.0 Å². The summed E-state index contributed by atoms with van der Waals surface area (Å²) in [6, 6.07) is 5.22. The van der Waals surface area contributed by atoms with Gasteiger partial charge < -0.3 is 9.47 Å². The molecule has 23 heavy (non-hydrogen) atoms.